The van der Waals surface area contributed by atoms with E-state index in [2.05, 4.69) is 40.0 Å². The fraction of sp³-hybridized carbons (Fsp3) is 0. The van der Waals surface area contributed by atoms with Gasteiger partial charge in [-0.2, -0.15) is 0 Å². The summed E-state index contributed by atoms with van der Waals surface area (Å²) in [6.07, 6.45) is 1.82. The van der Waals surface area contributed by atoms with E-state index in [9.17, 15) is 0 Å². The summed E-state index contributed by atoms with van der Waals surface area (Å²) in [6, 6.07) is 10.2. The van der Waals surface area contributed by atoms with Gasteiger partial charge in [0, 0.05) is 0 Å². The van der Waals surface area contributed by atoms with E-state index in [0.29, 0.717) is 0 Å². The van der Waals surface area contributed by atoms with Crippen LogP contribution in [0.2, 0.25) is 0 Å². The van der Waals surface area contributed by atoms with Crippen LogP contribution >= 0.6 is 0 Å². The first-order chi connectivity index (χ1) is 5.38. The van der Waals surface area contributed by atoms with Crippen molar-refractivity contribution in [3.05, 3.63) is 36.5 Å². The van der Waals surface area contributed by atoms with Gasteiger partial charge in [-0.15, -0.1) is 0 Å². The third-order valence-electron chi connectivity index (χ3n) is 1.61. The van der Waals surface area contributed by atoms with Crippen molar-refractivity contribution >= 4 is 32.1 Å². The quantitative estimate of drug-likeness (QED) is 0.582. The molecule has 0 amide bonds. The Labute approximate surface area is 74.0 Å². The van der Waals surface area contributed by atoms with Crippen LogP contribution in [0, 0.1) is 0 Å². The second kappa shape index (κ2) is 2.67. The number of benzene rings is 1. The van der Waals surface area contributed by atoms with E-state index < -0.39 is 0 Å². The maximum atomic E-state index is 4.27. The van der Waals surface area contributed by atoms with Crippen LogP contribution in [0.25, 0.3) is 10.9 Å². The normalized spacial score (nSPS) is 10.3. The summed E-state index contributed by atoms with van der Waals surface area (Å²) in [6.45, 7) is 0. The number of hydrogen-bond donors (Lipinski definition) is 0. The van der Waals surface area contributed by atoms with E-state index in [0.717, 1.165) is 5.52 Å². The molecule has 0 N–H and O–H groups in total. The number of fused-ring (bicyclic) bond motifs is 1. The molecule has 0 saturated carbocycles. The Morgan fingerprint density at radius 2 is 1.91 bits per heavy atom. The van der Waals surface area contributed by atoms with Crippen LogP contribution in [-0.4, -0.2) is 21.8 Å². The Kier molecular flexibility index (Phi) is 1.67. The van der Waals surface area contributed by atoms with Crippen molar-refractivity contribution in [3.8, 4) is 0 Å². The zero-order valence-corrected chi connectivity index (χ0v) is 7.74. The summed E-state index contributed by atoms with van der Waals surface area (Å²) < 4.78 is 1.18. The molecule has 0 saturated heterocycles. The van der Waals surface area contributed by atoms with E-state index in [-0.39, 0.29) is 0 Å². The molecule has 2 rings (SSSR count). The molecule has 0 aliphatic heterocycles. The molecule has 0 bridgehead atoms. The van der Waals surface area contributed by atoms with Gasteiger partial charge in [0.1, 0.15) is 0 Å². The molecule has 0 spiro atoms. The van der Waals surface area contributed by atoms with Gasteiger partial charge in [0.05, 0.1) is 0 Å². The Morgan fingerprint density at radius 3 is 2.73 bits per heavy atom. The van der Waals surface area contributed by atoms with Crippen LogP contribution in [0.15, 0.2) is 36.5 Å². The van der Waals surface area contributed by atoms with Gasteiger partial charge < -0.3 is 0 Å². The van der Waals surface area contributed by atoms with Crippen molar-refractivity contribution in [2.75, 3.05) is 0 Å². The maximum absolute atomic E-state index is 4.27. The molecule has 0 fully saturated rings. The molecule has 0 aliphatic carbocycles. The predicted molar refractivity (Wildman–Crippen MR) is 47.1 cm³/mol. The van der Waals surface area contributed by atoms with Crippen LogP contribution in [0.5, 0.6) is 0 Å². The zero-order valence-electron chi connectivity index (χ0n) is 5.86. The van der Waals surface area contributed by atoms with E-state index >= 15 is 0 Å². The minimum absolute atomic E-state index is 1.08. The molecule has 0 unspecified atom stereocenters. The fourth-order valence-electron chi connectivity index (χ4n) is 1.09. The van der Waals surface area contributed by atoms with Gasteiger partial charge in [0.25, 0.3) is 0 Å². The SMILES string of the molecule is [As]c1cccc2cccnc12. The van der Waals surface area contributed by atoms with Crippen LogP contribution in [0.3, 0.4) is 0 Å². The Morgan fingerprint density at radius 1 is 1.09 bits per heavy atom. The van der Waals surface area contributed by atoms with Crippen molar-refractivity contribution < 1.29 is 0 Å². The molecule has 2 radical (unpaired) electrons. The minimum atomic E-state index is 1.08. The van der Waals surface area contributed by atoms with E-state index in [1.807, 2.05) is 18.3 Å². The van der Waals surface area contributed by atoms with Crippen molar-refractivity contribution in [2.45, 2.75) is 0 Å². The van der Waals surface area contributed by atoms with E-state index in [1.54, 1.807) is 0 Å². The molecule has 0 atom stereocenters. The summed E-state index contributed by atoms with van der Waals surface area (Å²) in [5.41, 5.74) is 1.08. The molecule has 0 aliphatic rings. The van der Waals surface area contributed by atoms with Gasteiger partial charge in [-0.1, -0.05) is 0 Å². The molecule has 2 heteroatoms. The van der Waals surface area contributed by atoms with Crippen LogP contribution in [0.4, 0.5) is 0 Å². The zero-order chi connectivity index (χ0) is 7.68. The van der Waals surface area contributed by atoms with Crippen LogP contribution in [-0.2, 0) is 0 Å². The first kappa shape index (κ1) is 6.87. The number of rotatable bonds is 0. The third-order valence-corrected chi connectivity index (χ3v) is 2.37. The van der Waals surface area contributed by atoms with Gasteiger partial charge in [-0.25, -0.2) is 0 Å². The van der Waals surface area contributed by atoms with E-state index in [1.165, 1.54) is 9.74 Å². The summed E-state index contributed by atoms with van der Waals surface area (Å²) in [5.74, 6) is 0. The second-order valence-corrected chi connectivity index (χ2v) is 3.36. The topological polar surface area (TPSA) is 12.9 Å². The van der Waals surface area contributed by atoms with Crippen LogP contribution < -0.4 is 4.35 Å². The van der Waals surface area contributed by atoms with Gasteiger partial charge in [-0.05, 0) is 0 Å². The average molecular weight is 203 g/mol. The van der Waals surface area contributed by atoms with Crippen molar-refractivity contribution in [1.29, 1.82) is 0 Å². The molecule has 52 valence electrons. The monoisotopic (exact) mass is 203 g/mol. The number of nitrogens with zero attached hydrogens (tertiary/aromatic N) is 1. The molecule has 1 aromatic heterocycles. The number of pyridine rings is 1. The van der Waals surface area contributed by atoms with Gasteiger partial charge in [0.2, 0.25) is 0 Å². The second-order valence-electron chi connectivity index (χ2n) is 2.35. The Bertz CT molecular complexity index is 379. The van der Waals surface area contributed by atoms with E-state index in [4.69, 9.17) is 0 Å². The predicted octanol–water partition coefficient (Wildman–Crippen LogP) is 1.03. The summed E-state index contributed by atoms with van der Waals surface area (Å²) in [5, 5.41) is 1.20. The summed E-state index contributed by atoms with van der Waals surface area (Å²) >= 11 is 2.53. The molecule has 1 nitrogen and oxygen atoms in total. The molecular formula is C9H6AsN. The first-order valence-electron chi connectivity index (χ1n) is 3.40. The standard InChI is InChI=1S/C9H6AsN/c10-8-5-1-3-7-4-2-6-11-9(7)8/h1-6H. The molecule has 11 heavy (non-hydrogen) atoms. The summed E-state index contributed by atoms with van der Waals surface area (Å²) in [4.78, 5) is 4.27. The fourth-order valence-corrected chi connectivity index (χ4v) is 1.66. The van der Waals surface area contributed by atoms with Crippen molar-refractivity contribution in [2.24, 2.45) is 0 Å². The number of hydrogen-bond acceptors (Lipinski definition) is 1. The molecule has 2 aromatic rings. The molecule has 1 aromatic carbocycles. The number of para-hydroxylation sites is 1. The Balaban J connectivity index is 2.91. The summed E-state index contributed by atoms with van der Waals surface area (Å²) in [7, 11) is 0. The van der Waals surface area contributed by atoms with Gasteiger partial charge in [-0.3, -0.25) is 0 Å². The van der Waals surface area contributed by atoms with Crippen molar-refractivity contribution in [3.63, 3.8) is 0 Å². The first-order valence-corrected chi connectivity index (χ1v) is 4.34. The van der Waals surface area contributed by atoms with Gasteiger partial charge in [0.15, 0.2) is 0 Å². The third kappa shape index (κ3) is 1.16. The van der Waals surface area contributed by atoms with Gasteiger partial charge >= 0.3 is 73.6 Å². The Hall–Kier alpha value is -0.812. The van der Waals surface area contributed by atoms with Crippen molar-refractivity contribution in [1.82, 2.24) is 4.98 Å². The molecular weight excluding hydrogens is 197 g/mol. The number of aromatic nitrogens is 1. The van der Waals surface area contributed by atoms with Crippen LogP contribution in [0.1, 0.15) is 0 Å². The molecule has 1 heterocycles. The average Bonchev–Trinajstić information content (AvgIpc) is 2.06.